The van der Waals surface area contributed by atoms with Crippen molar-refractivity contribution in [3.63, 3.8) is 0 Å². The molecule has 2 nitrogen and oxygen atoms in total. The molecule has 2 rings (SSSR count). The molecule has 0 N–H and O–H groups in total. The van der Waals surface area contributed by atoms with Gasteiger partial charge in [-0.05, 0) is 46.5 Å². The highest BCUT2D eigenvalue weighted by Gasteiger charge is 2.09. The maximum absolute atomic E-state index is 6.26. The molecule has 0 aliphatic carbocycles. The maximum atomic E-state index is 6.26. The van der Waals surface area contributed by atoms with Crippen LogP contribution in [0.15, 0.2) is 22.9 Å². The van der Waals surface area contributed by atoms with Crippen LogP contribution in [-0.2, 0) is 0 Å². The van der Waals surface area contributed by atoms with Crippen molar-refractivity contribution in [2.75, 3.05) is 13.2 Å². The zero-order chi connectivity index (χ0) is 29.1. The number of rotatable bonds is 30. The van der Waals surface area contributed by atoms with Crippen molar-refractivity contribution < 1.29 is 9.47 Å². The Morgan fingerprint density at radius 1 is 0.390 bits per heavy atom. The van der Waals surface area contributed by atoms with Crippen LogP contribution in [0, 0.1) is 0 Å². The smallest absolute Gasteiger partial charge is 0.161 e. The second-order valence-electron chi connectivity index (χ2n) is 12.5. The van der Waals surface area contributed by atoms with E-state index < -0.39 is 0 Å². The van der Waals surface area contributed by atoms with Crippen LogP contribution in [0.2, 0.25) is 0 Å². The Morgan fingerprint density at radius 2 is 0.659 bits per heavy atom. The van der Waals surface area contributed by atoms with Gasteiger partial charge < -0.3 is 9.47 Å². The molecule has 0 atom stereocenters. The lowest BCUT2D eigenvalue weighted by Crippen LogP contribution is -2.03. The number of hydrogen-bond donors (Lipinski definition) is 0. The second-order valence-corrected chi connectivity index (χ2v) is 13.2. The summed E-state index contributed by atoms with van der Waals surface area (Å²) in [7, 11) is 0. The third kappa shape index (κ3) is 18.8. The Labute approximate surface area is 259 Å². The fourth-order valence-corrected chi connectivity index (χ4v) is 6.58. The highest BCUT2D eigenvalue weighted by molar-refractivity contribution is 7.09. The average Bonchev–Trinajstić information content (AvgIpc) is 3.44. The van der Waals surface area contributed by atoms with E-state index in [1.165, 1.54) is 165 Å². The Balaban J connectivity index is 1.49. The monoisotopic (exact) mass is 586 g/mol. The summed E-state index contributed by atoms with van der Waals surface area (Å²) >= 11 is 1.76. The zero-order valence-electron chi connectivity index (χ0n) is 27.3. The van der Waals surface area contributed by atoms with Gasteiger partial charge >= 0.3 is 0 Å². The number of fused-ring (bicyclic) bond motifs is 1. The van der Waals surface area contributed by atoms with E-state index in [0.717, 1.165) is 37.6 Å². The molecule has 0 saturated heterocycles. The molecule has 0 radical (unpaired) electrons. The van der Waals surface area contributed by atoms with Crippen LogP contribution in [0.5, 0.6) is 11.5 Å². The summed E-state index contributed by atoms with van der Waals surface area (Å²) in [4.78, 5) is 0. The minimum Gasteiger partial charge on any atom is -0.490 e. The van der Waals surface area contributed by atoms with E-state index in [-0.39, 0.29) is 0 Å². The highest BCUT2D eigenvalue weighted by Crippen LogP contribution is 2.34. The summed E-state index contributed by atoms with van der Waals surface area (Å²) in [5.74, 6) is 1.87. The first-order valence-electron chi connectivity index (χ1n) is 18.1. The first kappa shape index (κ1) is 36.0. The zero-order valence-corrected chi connectivity index (χ0v) is 28.1. The van der Waals surface area contributed by atoms with Gasteiger partial charge in [-0.25, -0.2) is 0 Å². The maximum Gasteiger partial charge on any atom is 0.161 e. The van der Waals surface area contributed by atoms with E-state index in [1.54, 1.807) is 11.3 Å². The van der Waals surface area contributed by atoms with Crippen LogP contribution in [-0.4, -0.2) is 13.2 Å². The number of thiophene rings is 1. The molecule has 1 aromatic carbocycles. The molecule has 2 aromatic rings. The van der Waals surface area contributed by atoms with Crippen molar-refractivity contribution in [2.45, 2.75) is 181 Å². The number of unbranched alkanes of at least 4 members (excludes halogenated alkanes) is 24. The van der Waals surface area contributed by atoms with Gasteiger partial charge in [0.1, 0.15) is 0 Å². The van der Waals surface area contributed by atoms with Gasteiger partial charge in [0.15, 0.2) is 11.5 Å². The molecule has 1 heterocycles. The van der Waals surface area contributed by atoms with Gasteiger partial charge in [-0.2, -0.15) is 11.3 Å². The van der Waals surface area contributed by atoms with Crippen LogP contribution in [0.1, 0.15) is 181 Å². The van der Waals surface area contributed by atoms with Gasteiger partial charge in [0, 0.05) is 0 Å². The van der Waals surface area contributed by atoms with Crippen molar-refractivity contribution in [1.29, 1.82) is 0 Å². The molecule has 0 spiro atoms. The molecule has 0 saturated carbocycles. The minimum absolute atomic E-state index is 0.794. The summed E-state index contributed by atoms with van der Waals surface area (Å²) in [6.07, 6.45) is 35.8. The standard InChI is InChI=1S/C38H66O2S/c1-3-5-7-9-11-13-15-17-19-21-23-25-27-29-39-37-31-35-33-41-34-36(35)32-38(37)40-30-28-26-24-22-20-18-16-14-12-10-8-6-4-2/h31-34H,3-30H2,1-2H3. The first-order chi connectivity index (χ1) is 20.3. The molecule has 0 fully saturated rings. The summed E-state index contributed by atoms with van der Waals surface area (Å²) in [5.41, 5.74) is 0. The molecule has 0 aliphatic heterocycles. The fraction of sp³-hybridized carbons (Fsp3) is 0.789. The molecule has 1 aromatic heterocycles. The lowest BCUT2D eigenvalue weighted by Gasteiger charge is -2.13. The van der Waals surface area contributed by atoms with E-state index in [0.29, 0.717) is 0 Å². The van der Waals surface area contributed by atoms with Crippen LogP contribution in [0.4, 0.5) is 0 Å². The van der Waals surface area contributed by atoms with E-state index in [4.69, 9.17) is 9.47 Å². The van der Waals surface area contributed by atoms with Gasteiger partial charge in [-0.15, -0.1) is 0 Å². The third-order valence-corrected chi connectivity index (χ3v) is 9.33. The average molecular weight is 587 g/mol. The van der Waals surface area contributed by atoms with Crippen LogP contribution in [0.3, 0.4) is 0 Å². The predicted octanol–water partition coefficient (Wildman–Crippen LogP) is 13.8. The molecular formula is C38H66O2S. The molecular weight excluding hydrogens is 520 g/mol. The van der Waals surface area contributed by atoms with E-state index in [1.807, 2.05) is 0 Å². The molecule has 0 unspecified atom stereocenters. The van der Waals surface area contributed by atoms with Gasteiger partial charge in [-0.3, -0.25) is 0 Å². The minimum atomic E-state index is 0.794. The van der Waals surface area contributed by atoms with Crippen molar-refractivity contribution in [2.24, 2.45) is 0 Å². The molecule has 236 valence electrons. The second kappa shape index (κ2) is 26.4. The SMILES string of the molecule is CCCCCCCCCCCCCCCOc1cc2cscc2cc1OCCCCCCCCCCCCCCC. The quantitative estimate of drug-likeness (QED) is 0.0848. The van der Waals surface area contributed by atoms with E-state index in [9.17, 15) is 0 Å². The van der Waals surface area contributed by atoms with Crippen LogP contribution >= 0.6 is 11.3 Å². The van der Waals surface area contributed by atoms with Crippen molar-refractivity contribution in [3.8, 4) is 11.5 Å². The normalized spacial score (nSPS) is 11.5. The number of hydrogen-bond acceptors (Lipinski definition) is 3. The third-order valence-electron chi connectivity index (χ3n) is 8.55. The van der Waals surface area contributed by atoms with Crippen molar-refractivity contribution >= 4 is 22.1 Å². The highest BCUT2D eigenvalue weighted by atomic mass is 32.1. The van der Waals surface area contributed by atoms with Crippen LogP contribution in [0.25, 0.3) is 10.8 Å². The molecule has 3 heteroatoms. The largest absolute Gasteiger partial charge is 0.490 e. The molecule has 0 bridgehead atoms. The summed E-state index contributed by atoms with van der Waals surface area (Å²) in [5, 5.41) is 6.96. The molecule has 0 amide bonds. The Morgan fingerprint density at radius 3 is 0.951 bits per heavy atom. The Bertz CT molecular complexity index is 763. The van der Waals surface area contributed by atoms with Gasteiger partial charge in [0.05, 0.1) is 13.2 Å². The number of benzene rings is 1. The Hall–Kier alpha value is -1.22. The summed E-state index contributed by atoms with van der Waals surface area (Å²) in [6, 6.07) is 4.38. The van der Waals surface area contributed by atoms with Crippen molar-refractivity contribution in [1.82, 2.24) is 0 Å². The molecule has 41 heavy (non-hydrogen) atoms. The van der Waals surface area contributed by atoms with E-state index >= 15 is 0 Å². The molecule has 0 aliphatic rings. The lowest BCUT2D eigenvalue weighted by molar-refractivity contribution is 0.259. The van der Waals surface area contributed by atoms with Crippen molar-refractivity contribution in [3.05, 3.63) is 22.9 Å². The van der Waals surface area contributed by atoms with Crippen LogP contribution < -0.4 is 9.47 Å². The number of ether oxygens (including phenoxy) is 2. The first-order valence-corrected chi connectivity index (χ1v) is 19.0. The Kier molecular flexibility index (Phi) is 23.2. The van der Waals surface area contributed by atoms with E-state index in [2.05, 4.69) is 36.7 Å². The summed E-state index contributed by atoms with van der Waals surface area (Å²) in [6.45, 7) is 6.18. The fourth-order valence-electron chi connectivity index (χ4n) is 5.81. The van der Waals surface area contributed by atoms with Gasteiger partial charge in [-0.1, -0.05) is 168 Å². The lowest BCUT2D eigenvalue weighted by atomic mass is 10.0. The van der Waals surface area contributed by atoms with Gasteiger partial charge in [0.2, 0.25) is 0 Å². The summed E-state index contributed by atoms with van der Waals surface area (Å²) < 4.78 is 12.5. The topological polar surface area (TPSA) is 18.5 Å². The predicted molar refractivity (Wildman–Crippen MR) is 184 cm³/mol. The van der Waals surface area contributed by atoms with Gasteiger partial charge in [0.25, 0.3) is 0 Å².